The van der Waals surface area contributed by atoms with Gasteiger partial charge in [0, 0.05) is 16.3 Å². The lowest BCUT2D eigenvalue weighted by atomic mass is 9.94. The maximum atomic E-state index is 13.3. The Hall–Kier alpha value is -3.14. The summed E-state index contributed by atoms with van der Waals surface area (Å²) in [5, 5.41) is 13.8. The number of aromatic hydroxyl groups is 1. The van der Waals surface area contributed by atoms with Crippen molar-refractivity contribution in [1.29, 1.82) is 0 Å². The predicted octanol–water partition coefficient (Wildman–Crippen LogP) is 3.91. The summed E-state index contributed by atoms with van der Waals surface area (Å²) in [5.41, 5.74) is 3.55. The molecular formula is C20H14N2O2. The molecule has 0 amide bonds. The fourth-order valence-corrected chi connectivity index (χ4v) is 3.83. The molecule has 5 rings (SSSR count). The third-order valence-electron chi connectivity index (χ3n) is 5.02. The molecule has 1 N–H and O–H groups in total. The van der Waals surface area contributed by atoms with Crippen LogP contribution in [0.3, 0.4) is 0 Å². The molecule has 0 saturated heterocycles. The van der Waals surface area contributed by atoms with Gasteiger partial charge in [0.15, 0.2) is 0 Å². The Bertz CT molecular complexity index is 1350. The maximum Gasteiger partial charge on any atom is 0.265 e. The van der Waals surface area contributed by atoms with Gasteiger partial charge in [0.05, 0.1) is 16.4 Å². The summed E-state index contributed by atoms with van der Waals surface area (Å²) in [5.74, 6) is 0.191. The summed E-state index contributed by atoms with van der Waals surface area (Å²) in [7, 11) is 0. The van der Waals surface area contributed by atoms with E-state index in [4.69, 9.17) is 0 Å². The molecule has 4 heteroatoms. The zero-order valence-electron chi connectivity index (χ0n) is 13.3. The Morgan fingerprint density at radius 3 is 2.50 bits per heavy atom. The Balaban J connectivity index is 2.27. The number of imidazole rings is 1. The molecule has 0 spiro atoms. The molecule has 2 heterocycles. The number of aryl methyl sites for hydroxylation is 2. The molecule has 0 bridgehead atoms. The monoisotopic (exact) mass is 314 g/mol. The Morgan fingerprint density at radius 2 is 1.67 bits per heavy atom. The number of hydrogen-bond acceptors (Lipinski definition) is 3. The van der Waals surface area contributed by atoms with E-state index in [1.165, 1.54) is 0 Å². The molecule has 0 atom stereocenters. The van der Waals surface area contributed by atoms with Crippen LogP contribution in [0.4, 0.5) is 0 Å². The SMILES string of the molecule is Cc1c(O)c(C)c2c(=O)n3c4ccccc4nc3c3cccc1c23. The van der Waals surface area contributed by atoms with Gasteiger partial charge in [0.25, 0.3) is 5.56 Å². The molecule has 0 unspecified atom stereocenters. The van der Waals surface area contributed by atoms with Gasteiger partial charge in [-0.05, 0) is 36.9 Å². The van der Waals surface area contributed by atoms with Crippen molar-refractivity contribution in [2.75, 3.05) is 0 Å². The number of nitrogens with zero attached hydrogens (tertiary/aromatic N) is 2. The van der Waals surface area contributed by atoms with Gasteiger partial charge in [0.2, 0.25) is 0 Å². The van der Waals surface area contributed by atoms with Crippen molar-refractivity contribution in [3.05, 3.63) is 63.9 Å². The third kappa shape index (κ3) is 1.39. The van der Waals surface area contributed by atoms with Crippen molar-refractivity contribution in [2.24, 2.45) is 0 Å². The van der Waals surface area contributed by atoms with E-state index in [2.05, 4.69) is 4.98 Å². The Labute approximate surface area is 136 Å². The first-order valence-corrected chi connectivity index (χ1v) is 7.87. The van der Waals surface area contributed by atoms with Crippen LogP contribution >= 0.6 is 0 Å². The summed E-state index contributed by atoms with van der Waals surface area (Å²) in [6.07, 6.45) is 0. The van der Waals surface area contributed by atoms with Crippen LogP contribution in [0.5, 0.6) is 5.75 Å². The lowest BCUT2D eigenvalue weighted by molar-refractivity contribution is 0.469. The van der Waals surface area contributed by atoms with E-state index >= 15 is 0 Å². The van der Waals surface area contributed by atoms with Crippen molar-refractivity contribution in [2.45, 2.75) is 13.8 Å². The minimum absolute atomic E-state index is 0.129. The standard InChI is InChI=1S/C20H14N2O2/c1-10-12-6-5-7-13-17(12)16(11(2)18(10)23)20(24)22-15-9-4-3-8-14(15)21-19(13)22/h3-9,23H,1-2H3. The minimum Gasteiger partial charge on any atom is -0.507 e. The number of benzene rings is 3. The van der Waals surface area contributed by atoms with Gasteiger partial charge >= 0.3 is 0 Å². The second-order valence-electron chi connectivity index (χ2n) is 6.27. The van der Waals surface area contributed by atoms with E-state index in [1.54, 1.807) is 11.3 Å². The van der Waals surface area contributed by atoms with Crippen molar-refractivity contribution >= 4 is 38.2 Å². The smallest absolute Gasteiger partial charge is 0.265 e. The minimum atomic E-state index is -0.129. The number of rotatable bonds is 0. The highest BCUT2D eigenvalue weighted by Crippen LogP contribution is 2.38. The number of para-hydroxylation sites is 2. The van der Waals surface area contributed by atoms with Crippen LogP contribution in [0.1, 0.15) is 11.1 Å². The largest absolute Gasteiger partial charge is 0.507 e. The molecule has 4 nitrogen and oxygen atoms in total. The highest BCUT2D eigenvalue weighted by Gasteiger charge is 2.20. The molecule has 0 radical (unpaired) electrons. The van der Waals surface area contributed by atoms with Gasteiger partial charge in [-0.25, -0.2) is 4.98 Å². The van der Waals surface area contributed by atoms with Crippen LogP contribution in [-0.2, 0) is 0 Å². The molecule has 24 heavy (non-hydrogen) atoms. The van der Waals surface area contributed by atoms with E-state index in [0.717, 1.165) is 32.8 Å². The van der Waals surface area contributed by atoms with E-state index in [9.17, 15) is 9.90 Å². The van der Waals surface area contributed by atoms with Crippen LogP contribution < -0.4 is 5.56 Å². The van der Waals surface area contributed by atoms with Crippen LogP contribution in [0, 0.1) is 13.8 Å². The summed E-state index contributed by atoms with van der Waals surface area (Å²) in [4.78, 5) is 18.0. The third-order valence-corrected chi connectivity index (χ3v) is 5.02. The molecule has 0 aliphatic heterocycles. The number of hydrogen-bond donors (Lipinski definition) is 1. The van der Waals surface area contributed by atoms with Crippen LogP contribution in [0.25, 0.3) is 38.2 Å². The number of pyridine rings is 1. The second-order valence-corrected chi connectivity index (χ2v) is 6.27. The number of aromatic nitrogens is 2. The first-order chi connectivity index (χ1) is 11.6. The Morgan fingerprint density at radius 1 is 0.917 bits per heavy atom. The van der Waals surface area contributed by atoms with Crippen molar-refractivity contribution in [3.63, 3.8) is 0 Å². The molecule has 5 aromatic rings. The van der Waals surface area contributed by atoms with Gasteiger partial charge < -0.3 is 5.11 Å². The summed E-state index contributed by atoms with van der Waals surface area (Å²) in [6.45, 7) is 3.68. The summed E-state index contributed by atoms with van der Waals surface area (Å²) in [6, 6.07) is 13.5. The van der Waals surface area contributed by atoms with E-state index in [0.29, 0.717) is 16.6 Å². The van der Waals surface area contributed by atoms with E-state index in [1.807, 2.05) is 49.4 Å². The molecule has 0 aliphatic carbocycles. The molecule has 0 fully saturated rings. The van der Waals surface area contributed by atoms with Gasteiger partial charge in [-0.15, -0.1) is 0 Å². The molecular weight excluding hydrogens is 300 g/mol. The lowest BCUT2D eigenvalue weighted by Crippen LogP contribution is -2.14. The van der Waals surface area contributed by atoms with Crippen molar-refractivity contribution in [3.8, 4) is 5.75 Å². The topological polar surface area (TPSA) is 54.6 Å². The maximum absolute atomic E-state index is 13.3. The van der Waals surface area contributed by atoms with Crippen LogP contribution in [0.2, 0.25) is 0 Å². The van der Waals surface area contributed by atoms with Crippen molar-refractivity contribution < 1.29 is 5.11 Å². The zero-order chi connectivity index (χ0) is 16.6. The highest BCUT2D eigenvalue weighted by atomic mass is 16.3. The van der Waals surface area contributed by atoms with E-state index in [-0.39, 0.29) is 11.3 Å². The van der Waals surface area contributed by atoms with E-state index < -0.39 is 0 Å². The molecule has 0 aliphatic rings. The number of phenolic OH excluding ortho intramolecular Hbond substituents is 1. The van der Waals surface area contributed by atoms with Crippen LogP contribution in [-0.4, -0.2) is 14.5 Å². The van der Waals surface area contributed by atoms with Gasteiger partial charge in [-0.3, -0.25) is 9.20 Å². The summed E-state index contributed by atoms with van der Waals surface area (Å²) >= 11 is 0. The fourth-order valence-electron chi connectivity index (χ4n) is 3.83. The van der Waals surface area contributed by atoms with Crippen molar-refractivity contribution in [1.82, 2.24) is 9.38 Å². The zero-order valence-corrected chi connectivity index (χ0v) is 13.3. The quantitative estimate of drug-likeness (QED) is 0.471. The van der Waals surface area contributed by atoms with Gasteiger partial charge in [0.1, 0.15) is 11.4 Å². The molecule has 2 aromatic heterocycles. The predicted molar refractivity (Wildman–Crippen MR) is 96.3 cm³/mol. The average Bonchev–Trinajstić information content (AvgIpc) is 2.99. The molecule has 116 valence electrons. The fraction of sp³-hybridized carbons (Fsp3) is 0.100. The molecule has 0 saturated carbocycles. The Kier molecular flexibility index (Phi) is 2.35. The lowest BCUT2D eigenvalue weighted by Gasteiger charge is -2.13. The molecule has 3 aromatic carbocycles. The number of fused-ring (bicyclic) bond motifs is 4. The number of phenols is 1. The summed E-state index contributed by atoms with van der Waals surface area (Å²) < 4.78 is 1.66. The van der Waals surface area contributed by atoms with Crippen LogP contribution in [0.15, 0.2) is 47.3 Å². The first-order valence-electron chi connectivity index (χ1n) is 7.87. The normalized spacial score (nSPS) is 12.1. The first kappa shape index (κ1) is 13.3. The average molecular weight is 314 g/mol. The van der Waals surface area contributed by atoms with Gasteiger partial charge in [-0.2, -0.15) is 0 Å². The second kappa shape index (κ2) is 4.23. The highest BCUT2D eigenvalue weighted by molar-refractivity contribution is 6.18. The van der Waals surface area contributed by atoms with Gasteiger partial charge in [-0.1, -0.05) is 30.3 Å².